The zero-order chi connectivity index (χ0) is 15.6. The minimum atomic E-state index is -1.07. The number of rotatable bonds is 4. The average molecular weight is 324 g/mol. The first-order valence-electron chi connectivity index (χ1n) is 6.02. The average Bonchev–Trinajstić information content (AvgIpc) is 2.70. The predicted molar refractivity (Wildman–Crippen MR) is 83.5 cm³/mol. The molecule has 3 N–H and O–H groups in total. The van der Waals surface area contributed by atoms with Gasteiger partial charge in [-0.1, -0.05) is 30.0 Å². The second-order valence-corrected chi connectivity index (χ2v) is 6.35. The molecule has 1 heterocycles. The molecule has 0 spiro atoms. The Kier molecular flexibility index (Phi) is 4.59. The molecule has 110 valence electrons. The van der Waals surface area contributed by atoms with Gasteiger partial charge in [-0.25, -0.2) is 4.79 Å². The molecular formula is C13H12N2O4S2. The Morgan fingerprint density at radius 3 is 2.76 bits per heavy atom. The lowest BCUT2D eigenvalue weighted by Gasteiger charge is -2.10. The molecule has 1 fully saturated rings. The largest absolute Gasteiger partial charge is 0.478 e. The fourth-order valence-corrected chi connectivity index (χ4v) is 3.05. The third-order valence-electron chi connectivity index (χ3n) is 2.90. The van der Waals surface area contributed by atoms with Crippen LogP contribution >= 0.6 is 24.0 Å². The van der Waals surface area contributed by atoms with Gasteiger partial charge in [0.2, 0.25) is 11.8 Å². The first-order chi connectivity index (χ1) is 9.86. The number of aromatic carboxylic acids is 1. The van der Waals surface area contributed by atoms with Crippen LogP contribution in [-0.2, 0) is 9.59 Å². The lowest BCUT2D eigenvalue weighted by molar-refractivity contribution is -0.122. The molecule has 1 saturated heterocycles. The number of hydrogen-bond donors (Lipinski definition) is 3. The van der Waals surface area contributed by atoms with Crippen LogP contribution in [0, 0.1) is 6.92 Å². The van der Waals surface area contributed by atoms with E-state index in [0.29, 0.717) is 10.0 Å². The van der Waals surface area contributed by atoms with E-state index in [9.17, 15) is 14.4 Å². The Labute approximate surface area is 130 Å². The number of hydrogen-bond acceptors (Lipinski definition) is 5. The summed E-state index contributed by atoms with van der Waals surface area (Å²) >= 11 is 6.00. The van der Waals surface area contributed by atoms with Gasteiger partial charge in [0, 0.05) is 12.1 Å². The van der Waals surface area contributed by atoms with E-state index in [4.69, 9.17) is 17.3 Å². The summed E-state index contributed by atoms with van der Waals surface area (Å²) in [6.45, 7) is 1.76. The van der Waals surface area contributed by atoms with Gasteiger partial charge in [0.05, 0.1) is 10.8 Å². The Balaban J connectivity index is 2.06. The Hall–Kier alpha value is -1.93. The number of nitrogens with one attached hydrogen (secondary N) is 2. The van der Waals surface area contributed by atoms with Gasteiger partial charge in [0.25, 0.3) is 0 Å². The molecule has 0 radical (unpaired) electrons. The van der Waals surface area contributed by atoms with Crippen LogP contribution in [0.2, 0.25) is 0 Å². The second-order valence-electron chi connectivity index (χ2n) is 4.47. The molecule has 21 heavy (non-hydrogen) atoms. The molecule has 2 amide bonds. The van der Waals surface area contributed by atoms with Crippen molar-refractivity contribution >= 4 is 51.8 Å². The summed E-state index contributed by atoms with van der Waals surface area (Å²) < 4.78 is 0.363. The van der Waals surface area contributed by atoms with Crippen LogP contribution in [-0.4, -0.2) is 32.5 Å². The number of carbonyl (C=O) groups is 3. The van der Waals surface area contributed by atoms with Gasteiger partial charge in [0.1, 0.15) is 4.32 Å². The predicted octanol–water partition coefficient (Wildman–Crippen LogP) is 1.54. The van der Waals surface area contributed by atoms with Crippen molar-refractivity contribution in [3.8, 4) is 0 Å². The molecule has 0 saturated carbocycles. The minimum absolute atomic E-state index is 0.0205. The van der Waals surface area contributed by atoms with Crippen molar-refractivity contribution in [2.75, 3.05) is 5.32 Å². The highest BCUT2D eigenvalue weighted by Gasteiger charge is 2.31. The van der Waals surface area contributed by atoms with E-state index >= 15 is 0 Å². The zero-order valence-electron chi connectivity index (χ0n) is 11.0. The van der Waals surface area contributed by atoms with Gasteiger partial charge < -0.3 is 15.7 Å². The maximum absolute atomic E-state index is 12.0. The van der Waals surface area contributed by atoms with Gasteiger partial charge in [-0.3, -0.25) is 9.59 Å². The number of carbonyl (C=O) groups excluding carboxylic acids is 2. The minimum Gasteiger partial charge on any atom is -0.478 e. The second kappa shape index (κ2) is 6.23. The van der Waals surface area contributed by atoms with E-state index in [0.717, 1.165) is 17.3 Å². The quantitative estimate of drug-likeness (QED) is 0.727. The monoisotopic (exact) mass is 324 g/mol. The zero-order valence-corrected chi connectivity index (χ0v) is 12.6. The summed E-state index contributed by atoms with van der Waals surface area (Å²) in [5, 5.41) is 13.5. The molecule has 0 aromatic heterocycles. The lowest BCUT2D eigenvalue weighted by atomic mass is 10.1. The number of anilines is 1. The van der Waals surface area contributed by atoms with Crippen LogP contribution < -0.4 is 10.6 Å². The van der Waals surface area contributed by atoms with Gasteiger partial charge in [-0.05, 0) is 24.6 Å². The van der Waals surface area contributed by atoms with Crippen molar-refractivity contribution in [1.29, 1.82) is 0 Å². The maximum atomic E-state index is 12.0. The molecule has 1 aromatic rings. The number of carboxylic acids is 1. The molecule has 1 aromatic carbocycles. The summed E-state index contributed by atoms with van der Waals surface area (Å²) in [5.74, 6) is -1.71. The van der Waals surface area contributed by atoms with Crippen LogP contribution in [0.5, 0.6) is 0 Å². The fourth-order valence-electron chi connectivity index (χ4n) is 1.79. The maximum Gasteiger partial charge on any atom is 0.335 e. The number of amides is 2. The van der Waals surface area contributed by atoms with Crippen LogP contribution in [0.4, 0.5) is 5.69 Å². The summed E-state index contributed by atoms with van der Waals surface area (Å²) in [4.78, 5) is 34.4. The van der Waals surface area contributed by atoms with Crippen molar-refractivity contribution in [2.24, 2.45) is 0 Å². The van der Waals surface area contributed by atoms with E-state index in [1.807, 2.05) is 0 Å². The third-order valence-corrected chi connectivity index (χ3v) is 4.27. The fraction of sp³-hybridized carbons (Fsp3) is 0.231. The summed E-state index contributed by atoms with van der Waals surface area (Å²) in [6, 6.07) is 4.47. The van der Waals surface area contributed by atoms with Crippen LogP contribution in [0.15, 0.2) is 18.2 Å². The van der Waals surface area contributed by atoms with Crippen molar-refractivity contribution in [1.82, 2.24) is 5.32 Å². The highest BCUT2D eigenvalue weighted by Crippen LogP contribution is 2.23. The van der Waals surface area contributed by atoms with E-state index in [1.54, 1.807) is 13.0 Å². The molecule has 1 atom stereocenters. The standard InChI is InChI=1S/C13H12N2O4S2/c1-6-2-3-7(12(18)19)4-8(6)14-10(16)5-9-11(17)15-13(20)21-9/h2-4,9H,5H2,1H3,(H,14,16)(H,18,19)(H,15,17,20). The van der Waals surface area contributed by atoms with Gasteiger partial charge in [-0.2, -0.15) is 0 Å². The lowest BCUT2D eigenvalue weighted by Crippen LogP contribution is -2.27. The van der Waals surface area contributed by atoms with E-state index in [2.05, 4.69) is 10.6 Å². The van der Waals surface area contributed by atoms with Crippen LogP contribution in [0.25, 0.3) is 0 Å². The van der Waals surface area contributed by atoms with Crippen molar-refractivity contribution in [3.63, 3.8) is 0 Å². The van der Waals surface area contributed by atoms with Crippen molar-refractivity contribution in [2.45, 2.75) is 18.6 Å². The summed E-state index contributed by atoms with van der Waals surface area (Å²) in [6.07, 6.45) is -0.0205. The summed E-state index contributed by atoms with van der Waals surface area (Å²) in [5.41, 5.74) is 1.25. The van der Waals surface area contributed by atoms with Gasteiger partial charge in [-0.15, -0.1) is 0 Å². The number of aryl methyl sites for hydroxylation is 1. The third kappa shape index (κ3) is 3.79. The van der Waals surface area contributed by atoms with E-state index < -0.39 is 11.2 Å². The van der Waals surface area contributed by atoms with Gasteiger partial charge >= 0.3 is 5.97 Å². The van der Waals surface area contributed by atoms with Crippen molar-refractivity contribution in [3.05, 3.63) is 29.3 Å². The molecule has 1 unspecified atom stereocenters. The molecule has 0 bridgehead atoms. The van der Waals surface area contributed by atoms with Crippen molar-refractivity contribution < 1.29 is 19.5 Å². The Morgan fingerprint density at radius 1 is 1.48 bits per heavy atom. The van der Waals surface area contributed by atoms with E-state index in [-0.39, 0.29) is 23.8 Å². The topological polar surface area (TPSA) is 95.5 Å². The van der Waals surface area contributed by atoms with Crippen LogP contribution in [0.1, 0.15) is 22.3 Å². The Bertz CT molecular complexity index is 645. The van der Waals surface area contributed by atoms with Gasteiger partial charge in [0.15, 0.2) is 0 Å². The smallest absolute Gasteiger partial charge is 0.335 e. The number of thioether (sulfide) groups is 1. The normalized spacial score (nSPS) is 17.5. The first kappa shape index (κ1) is 15.5. The number of benzene rings is 1. The molecule has 6 nitrogen and oxygen atoms in total. The molecule has 0 aliphatic carbocycles. The Morgan fingerprint density at radius 2 is 2.19 bits per heavy atom. The van der Waals surface area contributed by atoms with E-state index in [1.165, 1.54) is 12.1 Å². The molecule has 1 aliphatic heterocycles. The summed E-state index contributed by atoms with van der Waals surface area (Å²) in [7, 11) is 0. The highest BCUT2D eigenvalue weighted by molar-refractivity contribution is 8.24. The molecule has 1 aliphatic rings. The SMILES string of the molecule is Cc1ccc(C(=O)O)cc1NC(=O)CC1SC(=S)NC1=O. The highest BCUT2D eigenvalue weighted by atomic mass is 32.2. The number of thiocarbonyl (C=S) groups is 1. The molecular weight excluding hydrogens is 312 g/mol. The number of carboxylic acid groups (broad SMARTS) is 1. The molecule has 2 rings (SSSR count). The first-order valence-corrected chi connectivity index (χ1v) is 7.31. The molecule has 8 heteroatoms. The van der Waals surface area contributed by atoms with Crippen LogP contribution in [0.3, 0.4) is 0 Å².